The Morgan fingerprint density at radius 1 is 0.952 bits per heavy atom. The van der Waals surface area contributed by atoms with E-state index in [0.29, 0.717) is 17.6 Å². The quantitative estimate of drug-likeness (QED) is 0.763. The molecule has 0 heterocycles. The van der Waals surface area contributed by atoms with Gasteiger partial charge in [-0.3, -0.25) is 0 Å². The Hall–Kier alpha value is -0.0900. The molecule has 0 aromatic rings. The van der Waals surface area contributed by atoms with E-state index in [2.05, 4.69) is 5.32 Å². The van der Waals surface area contributed by atoms with Crippen molar-refractivity contribution < 1.29 is 8.42 Å². The van der Waals surface area contributed by atoms with Crippen molar-refractivity contribution in [2.24, 2.45) is 11.8 Å². The Morgan fingerprint density at radius 2 is 1.57 bits per heavy atom. The van der Waals surface area contributed by atoms with Crippen molar-refractivity contribution in [3.05, 3.63) is 0 Å². The lowest BCUT2D eigenvalue weighted by Crippen LogP contribution is -2.34. The maximum absolute atomic E-state index is 12.3. The molecular formula is C17H33NO2S. The first-order valence-corrected chi connectivity index (χ1v) is 10.4. The number of rotatable bonds is 6. The van der Waals surface area contributed by atoms with E-state index in [-0.39, 0.29) is 0 Å². The van der Waals surface area contributed by atoms with Gasteiger partial charge in [-0.1, -0.05) is 25.7 Å². The van der Waals surface area contributed by atoms with Gasteiger partial charge in [0.15, 0.2) is 9.84 Å². The smallest absolute Gasteiger partial charge is 0.155 e. The molecule has 2 aliphatic rings. The topological polar surface area (TPSA) is 46.2 Å². The van der Waals surface area contributed by atoms with Gasteiger partial charge in [0.1, 0.15) is 0 Å². The number of nitrogens with one attached hydrogen (secondary N) is 1. The van der Waals surface area contributed by atoms with Crippen LogP contribution in [-0.4, -0.2) is 31.5 Å². The first kappa shape index (κ1) is 17.3. The van der Waals surface area contributed by atoms with Crippen molar-refractivity contribution in [2.45, 2.75) is 82.9 Å². The zero-order valence-electron chi connectivity index (χ0n) is 14.0. The van der Waals surface area contributed by atoms with Crippen LogP contribution in [0.3, 0.4) is 0 Å². The maximum Gasteiger partial charge on any atom is 0.155 e. The van der Waals surface area contributed by atoms with E-state index in [1.807, 2.05) is 20.8 Å². The van der Waals surface area contributed by atoms with Crippen LogP contribution in [0.2, 0.25) is 0 Å². The third-order valence-electron chi connectivity index (χ3n) is 5.25. The Bertz CT molecular complexity index is 421. The normalized spacial score (nSPS) is 28.3. The van der Waals surface area contributed by atoms with Gasteiger partial charge in [0, 0.05) is 6.04 Å². The summed E-state index contributed by atoms with van der Waals surface area (Å²) in [6, 6.07) is 0.757. The summed E-state index contributed by atoms with van der Waals surface area (Å²) < 4.78 is 24.1. The van der Waals surface area contributed by atoms with Gasteiger partial charge in [0.05, 0.1) is 10.5 Å². The van der Waals surface area contributed by atoms with Gasteiger partial charge >= 0.3 is 0 Å². The van der Waals surface area contributed by atoms with Gasteiger partial charge in [-0.2, -0.15) is 0 Å². The SMILES string of the molecule is CC(C)(C)S(=O)(=O)CCC1CCCCCC1CNC1CC1. The Labute approximate surface area is 131 Å². The number of sulfone groups is 1. The van der Waals surface area contributed by atoms with E-state index >= 15 is 0 Å². The highest BCUT2D eigenvalue weighted by molar-refractivity contribution is 7.92. The third-order valence-corrected chi connectivity index (χ3v) is 7.89. The fourth-order valence-corrected chi connectivity index (χ4v) is 4.55. The summed E-state index contributed by atoms with van der Waals surface area (Å²) >= 11 is 0. The average Bonchev–Trinajstić information content (AvgIpc) is 3.20. The molecule has 0 amide bonds. The van der Waals surface area contributed by atoms with Crippen LogP contribution in [0, 0.1) is 11.8 Å². The molecule has 0 saturated heterocycles. The highest BCUT2D eigenvalue weighted by Crippen LogP contribution is 2.33. The second-order valence-corrected chi connectivity index (χ2v) is 10.9. The zero-order valence-corrected chi connectivity index (χ0v) is 14.8. The Balaban J connectivity index is 1.90. The standard InChI is InChI=1S/C17H33NO2S/c1-17(2,3)21(19,20)12-11-14-7-5-4-6-8-15(14)13-18-16-9-10-16/h14-16,18H,4-13H2,1-3H3. The van der Waals surface area contributed by atoms with E-state index in [0.717, 1.165) is 19.0 Å². The summed E-state index contributed by atoms with van der Waals surface area (Å²) in [6.45, 7) is 6.57. The monoisotopic (exact) mass is 315 g/mol. The van der Waals surface area contributed by atoms with Crippen molar-refractivity contribution in [1.82, 2.24) is 5.32 Å². The van der Waals surface area contributed by atoms with Gasteiger partial charge in [-0.15, -0.1) is 0 Å². The van der Waals surface area contributed by atoms with Crippen molar-refractivity contribution in [3.63, 3.8) is 0 Å². The van der Waals surface area contributed by atoms with E-state index in [1.54, 1.807) is 0 Å². The molecule has 4 heteroatoms. The minimum Gasteiger partial charge on any atom is -0.314 e. The fraction of sp³-hybridized carbons (Fsp3) is 1.00. The van der Waals surface area contributed by atoms with Crippen LogP contribution in [0.5, 0.6) is 0 Å². The van der Waals surface area contributed by atoms with E-state index in [4.69, 9.17) is 0 Å². The summed E-state index contributed by atoms with van der Waals surface area (Å²) in [5.41, 5.74) is 0. The molecule has 1 N–H and O–H groups in total. The van der Waals surface area contributed by atoms with Crippen molar-refractivity contribution in [3.8, 4) is 0 Å². The molecule has 2 fully saturated rings. The van der Waals surface area contributed by atoms with Crippen LogP contribution in [0.15, 0.2) is 0 Å². The van der Waals surface area contributed by atoms with Crippen LogP contribution < -0.4 is 5.32 Å². The van der Waals surface area contributed by atoms with Crippen LogP contribution in [0.25, 0.3) is 0 Å². The molecule has 2 saturated carbocycles. The lowest BCUT2D eigenvalue weighted by molar-refractivity contribution is 0.291. The molecule has 0 radical (unpaired) electrons. The van der Waals surface area contributed by atoms with Crippen LogP contribution in [-0.2, 0) is 9.84 Å². The van der Waals surface area contributed by atoms with Crippen molar-refractivity contribution in [2.75, 3.05) is 12.3 Å². The lowest BCUT2D eigenvalue weighted by atomic mass is 9.86. The zero-order chi connectivity index (χ0) is 15.5. The molecule has 0 spiro atoms. The molecule has 0 aliphatic heterocycles. The first-order valence-electron chi connectivity index (χ1n) is 8.75. The molecule has 0 aromatic heterocycles. The van der Waals surface area contributed by atoms with Gasteiger partial charge < -0.3 is 5.32 Å². The molecule has 2 rings (SSSR count). The third kappa shape index (κ3) is 5.24. The number of hydrogen-bond acceptors (Lipinski definition) is 3. The summed E-state index contributed by atoms with van der Waals surface area (Å²) in [6.07, 6.45) is 9.93. The molecule has 0 bridgehead atoms. The average molecular weight is 316 g/mol. The van der Waals surface area contributed by atoms with E-state index in [1.165, 1.54) is 44.9 Å². The summed E-state index contributed by atoms with van der Waals surface area (Å²) in [4.78, 5) is 0. The fourth-order valence-electron chi connectivity index (χ4n) is 3.33. The summed E-state index contributed by atoms with van der Waals surface area (Å²) in [5.74, 6) is 1.64. The minimum atomic E-state index is -2.97. The van der Waals surface area contributed by atoms with Crippen LogP contribution in [0.1, 0.15) is 72.1 Å². The van der Waals surface area contributed by atoms with Gasteiger partial charge in [-0.05, 0) is 64.8 Å². The van der Waals surface area contributed by atoms with Gasteiger partial charge in [-0.25, -0.2) is 8.42 Å². The molecule has 2 aliphatic carbocycles. The first-order chi connectivity index (χ1) is 9.79. The molecule has 0 aromatic carbocycles. The van der Waals surface area contributed by atoms with E-state index in [9.17, 15) is 8.42 Å². The Morgan fingerprint density at radius 3 is 2.14 bits per heavy atom. The molecule has 2 unspecified atom stereocenters. The molecule has 2 atom stereocenters. The summed E-state index contributed by atoms with van der Waals surface area (Å²) in [5, 5.41) is 3.66. The minimum absolute atomic E-state index is 0.362. The lowest BCUT2D eigenvalue weighted by Gasteiger charge is -2.27. The highest BCUT2D eigenvalue weighted by atomic mass is 32.2. The predicted molar refractivity (Wildman–Crippen MR) is 89.2 cm³/mol. The van der Waals surface area contributed by atoms with Crippen molar-refractivity contribution in [1.29, 1.82) is 0 Å². The maximum atomic E-state index is 12.3. The van der Waals surface area contributed by atoms with Crippen LogP contribution >= 0.6 is 0 Å². The predicted octanol–water partition coefficient (Wildman–Crippen LogP) is 3.54. The number of hydrogen-bond donors (Lipinski definition) is 1. The Kier molecular flexibility index (Phi) is 5.75. The highest BCUT2D eigenvalue weighted by Gasteiger charge is 2.32. The summed E-state index contributed by atoms with van der Waals surface area (Å²) in [7, 11) is -2.97. The molecular weight excluding hydrogens is 282 g/mol. The molecule has 3 nitrogen and oxygen atoms in total. The van der Waals surface area contributed by atoms with Crippen LogP contribution in [0.4, 0.5) is 0 Å². The van der Waals surface area contributed by atoms with Crippen molar-refractivity contribution >= 4 is 9.84 Å². The second kappa shape index (κ2) is 6.99. The largest absolute Gasteiger partial charge is 0.314 e. The van der Waals surface area contributed by atoms with Gasteiger partial charge in [0.2, 0.25) is 0 Å². The molecule has 21 heavy (non-hydrogen) atoms. The molecule has 124 valence electrons. The van der Waals surface area contributed by atoms with Gasteiger partial charge in [0.25, 0.3) is 0 Å². The van der Waals surface area contributed by atoms with E-state index < -0.39 is 14.6 Å². The second-order valence-electron chi connectivity index (χ2n) is 8.06.